The van der Waals surface area contributed by atoms with Crippen molar-refractivity contribution in [1.82, 2.24) is 20.6 Å². The molecule has 1 aromatic rings. The van der Waals surface area contributed by atoms with Gasteiger partial charge in [-0.2, -0.15) is 0 Å². The first-order valence-electron chi connectivity index (χ1n) is 7.67. The molecule has 0 aliphatic rings. The number of carboxylic acid groups (broad SMARTS) is 1. The molecule has 0 aliphatic carbocycles. The number of carboxylic acids is 1. The van der Waals surface area contributed by atoms with E-state index in [9.17, 15) is 19.5 Å². The van der Waals surface area contributed by atoms with Crippen molar-refractivity contribution in [1.29, 1.82) is 0 Å². The molecule has 0 saturated carbocycles. The number of nitrogens with one attached hydrogen (secondary N) is 3. The van der Waals surface area contributed by atoms with Crippen LogP contribution in [0.3, 0.4) is 0 Å². The van der Waals surface area contributed by atoms with Crippen molar-refractivity contribution in [2.75, 3.05) is 13.1 Å². The average molecular weight is 340 g/mol. The summed E-state index contributed by atoms with van der Waals surface area (Å²) in [7, 11) is 0. The number of carbonyl (C=O) groups excluding carboxylic acids is 2. The van der Waals surface area contributed by atoms with Crippen molar-refractivity contribution < 1.29 is 19.5 Å². The van der Waals surface area contributed by atoms with E-state index >= 15 is 0 Å². The Morgan fingerprint density at radius 2 is 2.00 bits per heavy atom. The van der Waals surface area contributed by atoms with E-state index in [2.05, 4.69) is 20.6 Å². The summed E-state index contributed by atoms with van der Waals surface area (Å²) in [5.74, 6) is -3.54. The van der Waals surface area contributed by atoms with Gasteiger partial charge in [0.05, 0.1) is 12.9 Å². The molecule has 2 amide bonds. The molecule has 0 radical (unpaired) electrons. The maximum atomic E-state index is 12.3. The topological polar surface area (TPSA) is 176 Å². The molecule has 10 nitrogen and oxygen atoms in total. The molecule has 1 heterocycles. The fourth-order valence-corrected chi connectivity index (χ4v) is 2.14. The van der Waals surface area contributed by atoms with Gasteiger partial charge in [0.25, 0.3) is 0 Å². The number of hydrogen-bond donors (Lipinski definition) is 6. The molecule has 1 rings (SSSR count). The monoisotopic (exact) mass is 340 g/mol. The summed E-state index contributed by atoms with van der Waals surface area (Å²) in [5, 5.41) is 14.3. The van der Waals surface area contributed by atoms with Gasteiger partial charge in [0.1, 0.15) is 12.1 Å². The quantitative estimate of drug-likeness (QED) is 0.158. The number of unbranched alkanes of at least 4 members (excludes halogenated alkanes) is 1. The molecule has 0 saturated heterocycles. The van der Waals surface area contributed by atoms with Crippen LogP contribution >= 0.6 is 0 Å². The number of rotatable bonds is 11. The number of nitrogens with zero attached hydrogens (tertiary/aromatic N) is 1. The molecule has 2 atom stereocenters. The highest BCUT2D eigenvalue weighted by Gasteiger charge is 2.28. The van der Waals surface area contributed by atoms with Gasteiger partial charge in [-0.3, -0.25) is 14.4 Å². The van der Waals surface area contributed by atoms with Crippen LogP contribution in [0.2, 0.25) is 0 Å². The zero-order chi connectivity index (χ0) is 17.9. The van der Waals surface area contributed by atoms with Crippen LogP contribution < -0.4 is 22.1 Å². The molecule has 0 spiro atoms. The number of aromatic amines is 1. The predicted molar refractivity (Wildman–Crippen MR) is 85.5 cm³/mol. The number of amides is 2. The van der Waals surface area contributed by atoms with Crippen LogP contribution in [0.5, 0.6) is 0 Å². The summed E-state index contributed by atoms with van der Waals surface area (Å²) in [6, 6.07) is 0. The first-order chi connectivity index (χ1) is 11.5. The van der Waals surface area contributed by atoms with E-state index in [0.29, 0.717) is 25.1 Å². The van der Waals surface area contributed by atoms with Crippen LogP contribution in [0.4, 0.5) is 0 Å². The Hall–Kier alpha value is -2.46. The SMILES string of the molecule is NCCCC[C@H](C(=O)O)C(=O)N[C@H](Cc1cnc[nH]1)NC(=O)CN. The Balaban J connectivity index is 2.72. The summed E-state index contributed by atoms with van der Waals surface area (Å²) >= 11 is 0. The molecule has 1 aromatic heterocycles. The summed E-state index contributed by atoms with van der Waals surface area (Å²) in [6.07, 6.45) is 3.80. The van der Waals surface area contributed by atoms with Gasteiger partial charge >= 0.3 is 5.97 Å². The first kappa shape index (κ1) is 19.6. The van der Waals surface area contributed by atoms with Gasteiger partial charge in [0.15, 0.2) is 0 Å². The Labute approximate surface area is 139 Å². The highest BCUT2D eigenvalue weighted by atomic mass is 16.4. The van der Waals surface area contributed by atoms with Crippen LogP contribution in [0.15, 0.2) is 12.5 Å². The number of imidazole rings is 1. The Morgan fingerprint density at radius 3 is 2.54 bits per heavy atom. The van der Waals surface area contributed by atoms with Crippen molar-refractivity contribution in [3.05, 3.63) is 18.2 Å². The highest BCUT2D eigenvalue weighted by Crippen LogP contribution is 2.10. The number of hydrogen-bond acceptors (Lipinski definition) is 6. The van der Waals surface area contributed by atoms with Crippen molar-refractivity contribution >= 4 is 17.8 Å². The van der Waals surface area contributed by atoms with Crippen LogP contribution in [-0.4, -0.2) is 52.1 Å². The zero-order valence-corrected chi connectivity index (χ0v) is 13.3. The Morgan fingerprint density at radius 1 is 1.25 bits per heavy atom. The zero-order valence-electron chi connectivity index (χ0n) is 13.3. The lowest BCUT2D eigenvalue weighted by atomic mass is 10.0. The van der Waals surface area contributed by atoms with Gasteiger partial charge in [-0.05, 0) is 19.4 Å². The molecular weight excluding hydrogens is 316 g/mol. The minimum absolute atomic E-state index is 0.181. The van der Waals surface area contributed by atoms with E-state index in [-0.39, 0.29) is 19.4 Å². The summed E-state index contributed by atoms with van der Waals surface area (Å²) in [4.78, 5) is 41.8. The van der Waals surface area contributed by atoms with E-state index in [1.165, 1.54) is 6.33 Å². The minimum atomic E-state index is -1.21. The van der Waals surface area contributed by atoms with E-state index in [4.69, 9.17) is 11.5 Å². The second-order valence-corrected chi connectivity index (χ2v) is 5.29. The van der Waals surface area contributed by atoms with Crippen molar-refractivity contribution in [3.63, 3.8) is 0 Å². The minimum Gasteiger partial charge on any atom is -0.481 e. The molecular formula is C14H24N6O4. The van der Waals surface area contributed by atoms with Gasteiger partial charge in [0.2, 0.25) is 11.8 Å². The second kappa shape index (κ2) is 10.3. The fraction of sp³-hybridized carbons (Fsp3) is 0.571. The standard InChI is InChI=1S/C14H24N6O4/c15-4-2-1-3-10(14(23)24)13(22)20-11(19-12(21)6-16)5-9-7-17-8-18-9/h7-8,10-11H,1-6,15-16H2,(H,17,18)(H,19,21)(H,20,22)(H,23,24)/t10-,11+/m0/s1. The van der Waals surface area contributed by atoms with E-state index in [1.54, 1.807) is 6.20 Å². The maximum absolute atomic E-state index is 12.3. The van der Waals surface area contributed by atoms with Gasteiger partial charge in [0, 0.05) is 18.3 Å². The third kappa shape index (κ3) is 6.75. The van der Waals surface area contributed by atoms with Crippen molar-refractivity contribution in [3.8, 4) is 0 Å². The van der Waals surface area contributed by atoms with Gasteiger partial charge < -0.3 is 32.2 Å². The molecule has 10 heteroatoms. The molecule has 0 unspecified atom stereocenters. The number of aromatic nitrogens is 2. The molecule has 0 bridgehead atoms. The number of nitrogens with two attached hydrogens (primary N) is 2. The Bertz CT molecular complexity index is 533. The Kier molecular flexibility index (Phi) is 8.44. The second-order valence-electron chi connectivity index (χ2n) is 5.29. The summed E-state index contributed by atoms with van der Waals surface area (Å²) in [6.45, 7) is 0.192. The molecule has 0 fully saturated rings. The van der Waals surface area contributed by atoms with E-state index in [1.807, 2.05) is 0 Å². The molecule has 0 aromatic carbocycles. The van der Waals surface area contributed by atoms with E-state index < -0.39 is 29.9 Å². The van der Waals surface area contributed by atoms with Gasteiger partial charge in [-0.15, -0.1) is 0 Å². The summed E-state index contributed by atoms with van der Waals surface area (Å²) < 4.78 is 0. The number of carbonyl (C=O) groups is 3. The van der Waals surface area contributed by atoms with Gasteiger partial charge in [-0.25, -0.2) is 4.98 Å². The first-order valence-corrected chi connectivity index (χ1v) is 7.67. The van der Waals surface area contributed by atoms with Crippen LogP contribution in [0, 0.1) is 5.92 Å². The maximum Gasteiger partial charge on any atom is 0.316 e. The molecule has 8 N–H and O–H groups in total. The average Bonchev–Trinajstić information content (AvgIpc) is 3.03. The smallest absolute Gasteiger partial charge is 0.316 e. The van der Waals surface area contributed by atoms with Crippen LogP contribution in [0.1, 0.15) is 25.0 Å². The highest BCUT2D eigenvalue weighted by molar-refractivity contribution is 5.97. The van der Waals surface area contributed by atoms with Crippen molar-refractivity contribution in [2.24, 2.45) is 17.4 Å². The molecule has 24 heavy (non-hydrogen) atoms. The molecule has 0 aliphatic heterocycles. The van der Waals surface area contributed by atoms with Gasteiger partial charge in [-0.1, -0.05) is 6.42 Å². The lowest BCUT2D eigenvalue weighted by Crippen LogP contribution is -2.53. The van der Waals surface area contributed by atoms with Crippen LogP contribution in [0.25, 0.3) is 0 Å². The summed E-state index contributed by atoms with van der Waals surface area (Å²) in [5.41, 5.74) is 11.3. The third-order valence-corrected chi connectivity index (χ3v) is 3.38. The number of aliphatic carboxylic acids is 1. The predicted octanol–water partition coefficient (Wildman–Crippen LogP) is -1.70. The lowest BCUT2D eigenvalue weighted by molar-refractivity contribution is -0.147. The van der Waals surface area contributed by atoms with Crippen LogP contribution in [-0.2, 0) is 20.8 Å². The third-order valence-electron chi connectivity index (χ3n) is 3.38. The van der Waals surface area contributed by atoms with E-state index in [0.717, 1.165) is 0 Å². The number of H-pyrrole nitrogens is 1. The fourth-order valence-electron chi connectivity index (χ4n) is 2.14. The van der Waals surface area contributed by atoms with Crippen molar-refractivity contribution in [2.45, 2.75) is 31.8 Å². The lowest BCUT2D eigenvalue weighted by Gasteiger charge is -2.21. The largest absolute Gasteiger partial charge is 0.481 e. The normalized spacial score (nSPS) is 13.1. The molecule has 134 valence electrons.